The van der Waals surface area contributed by atoms with Gasteiger partial charge in [0.15, 0.2) is 5.82 Å². The third-order valence-electron chi connectivity index (χ3n) is 3.84. The third-order valence-corrected chi connectivity index (χ3v) is 3.84. The van der Waals surface area contributed by atoms with Crippen molar-refractivity contribution >= 4 is 11.8 Å². The molecule has 1 aliphatic rings. The van der Waals surface area contributed by atoms with E-state index in [0.717, 1.165) is 36.2 Å². The molecule has 0 unspecified atom stereocenters. The van der Waals surface area contributed by atoms with Gasteiger partial charge in [-0.2, -0.15) is 4.98 Å². The molecule has 6 nitrogen and oxygen atoms in total. The van der Waals surface area contributed by atoms with E-state index >= 15 is 0 Å². The lowest BCUT2D eigenvalue weighted by Gasteiger charge is -2.26. The highest BCUT2D eigenvalue weighted by Gasteiger charge is 2.18. The highest BCUT2D eigenvalue weighted by Crippen LogP contribution is 2.22. The smallest absolute Gasteiger partial charge is 0.224 e. The van der Waals surface area contributed by atoms with Crippen LogP contribution in [0.25, 0.3) is 11.4 Å². The summed E-state index contributed by atoms with van der Waals surface area (Å²) in [4.78, 5) is 13.4. The summed E-state index contributed by atoms with van der Waals surface area (Å²) in [5.74, 6) is 2.64. The molecule has 0 radical (unpaired) electrons. The lowest BCUT2D eigenvalue weighted by atomic mass is 10.1. The zero-order valence-corrected chi connectivity index (χ0v) is 13.0. The van der Waals surface area contributed by atoms with Crippen molar-refractivity contribution in [3.05, 3.63) is 18.3 Å². The zero-order valence-electron chi connectivity index (χ0n) is 13.0. The molecule has 0 saturated carbocycles. The predicted octanol–water partition coefficient (Wildman–Crippen LogP) is 1.93. The molecule has 112 valence electrons. The summed E-state index contributed by atoms with van der Waals surface area (Å²) in [5.41, 5.74) is 0.958. The normalized spacial score (nSPS) is 15.3. The van der Waals surface area contributed by atoms with Crippen molar-refractivity contribution < 1.29 is 0 Å². The first-order valence-electron chi connectivity index (χ1n) is 7.45. The highest BCUT2D eigenvalue weighted by atomic mass is 15.4. The minimum Gasteiger partial charge on any atom is -0.363 e. The SMILES string of the molecule is CN(C)c1ccc(-c2nc(N3CCCCC3)n(C)n2)cn1. The van der Waals surface area contributed by atoms with Gasteiger partial charge in [-0.25, -0.2) is 9.67 Å². The molecule has 0 atom stereocenters. The topological polar surface area (TPSA) is 50.1 Å². The maximum Gasteiger partial charge on any atom is 0.224 e. The van der Waals surface area contributed by atoms with E-state index in [2.05, 4.69) is 15.0 Å². The molecule has 2 aromatic heterocycles. The molecule has 6 heteroatoms. The van der Waals surface area contributed by atoms with Gasteiger partial charge in [-0.1, -0.05) is 0 Å². The van der Waals surface area contributed by atoms with Crippen molar-refractivity contribution in [3.63, 3.8) is 0 Å². The van der Waals surface area contributed by atoms with Gasteiger partial charge in [0.1, 0.15) is 5.82 Å². The van der Waals surface area contributed by atoms with E-state index in [4.69, 9.17) is 4.98 Å². The number of pyridine rings is 1. The second-order valence-electron chi connectivity index (χ2n) is 5.71. The summed E-state index contributed by atoms with van der Waals surface area (Å²) in [7, 11) is 5.92. The van der Waals surface area contributed by atoms with Gasteiger partial charge < -0.3 is 9.80 Å². The Morgan fingerprint density at radius 2 is 1.86 bits per heavy atom. The molecular weight excluding hydrogens is 264 g/mol. The standard InChI is InChI=1S/C15H22N6/c1-19(2)13-8-7-12(11-16-13)14-17-15(20(3)18-14)21-9-5-4-6-10-21/h7-8,11H,4-6,9-10H2,1-3H3. The number of hydrogen-bond donors (Lipinski definition) is 0. The Balaban J connectivity index is 1.85. The molecule has 0 spiro atoms. The Morgan fingerprint density at radius 3 is 2.48 bits per heavy atom. The van der Waals surface area contributed by atoms with Crippen LogP contribution in [0.2, 0.25) is 0 Å². The minimum absolute atomic E-state index is 0.746. The summed E-state index contributed by atoms with van der Waals surface area (Å²) >= 11 is 0. The van der Waals surface area contributed by atoms with Crippen LogP contribution < -0.4 is 9.80 Å². The number of rotatable bonds is 3. The van der Waals surface area contributed by atoms with Crippen LogP contribution in [0.4, 0.5) is 11.8 Å². The Bertz CT molecular complexity index is 595. The van der Waals surface area contributed by atoms with E-state index in [1.54, 1.807) is 0 Å². The van der Waals surface area contributed by atoms with Crippen LogP contribution in [0.15, 0.2) is 18.3 Å². The van der Waals surface area contributed by atoms with E-state index in [-0.39, 0.29) is 0 Å². The van der Waals surface area contributed by atoms with Gasteiger partial charge in [-0.3, -0.25) is 0 Å². The van der Waals surface area contributed by atoms with E-state index in [1.807, 2.05) is 49.1 Å². The lowest BCUT2D eigenvalue weighted by molar-refractivity contribution is 0.557. The van der Waals surface area contributed by atoms with Gasteiger partial charge in [-0.05, 0) is 31.4 Å². The van der Waals surface area contributed by atoms with Crippen LogP contribution in [0, 0.1) is 0 Å². The predicted molar refractivity (Wildman–Crippen MR) is 84.6 cm³/mol. The molecule has 0 bridgehead atoms. The number of hydrogen-bond acceptors (Lipinski definition) is 5. The summed E-state index contributed by atoms with van der Waals surface area (Å²) in [6.45, 7) is 2.15. The van der Waals surface area contributed by atoms with Crippen LogP contribution in [0.3, 0.4) is 0 Å². The van der Waals surface area contributed by atoms with E-state index in [9.17, 15) is 0 Å². The molecule has 1 aliphatic heterocycles. The fourth-order valence-electron chi connectivity index (χ4n) is 2.65. The molecule has 0 N–H and O–H groups in total. The van der Waals surface area contributed by atoms with Crippen molar-refractivity contribution in [2.45, 2.75) is 19.3 Å². The van der Waals surface area contributed by atoms with E-state index in [1.165, 1.54) is 19.3 Å². The van der Waals surface area contributed by atoms with E-state index < -0.39 is 0 Å². The Kier molecular flexibility index (Phi) is 3.77. The monoisotopic (exact) mass is 286 g/mol. The first-order valence-corrected chi connectivity index (χ1v) is 7.45. The number of nitrogens with zero attached hydrogens (tertiary/aromatic N) is 6. The van der Waals surface area contributed by atoms with Crippen LogP contribution >= 0.6 is 0 Å². The fraction of sp³-hybridized carbons (Fsp3) is 0.533. The second kappa shape index (κ2) is 5.71. The summed E-state index contributed by atoms with van der Waals surface area (Å²) in [5, 5.41) is 4.54. The fourth-order valence-corrected chi connectivity index (χ4v) is 2.65. The van der Waals surface area contributed by atoms with Gasteiger partial charge in [-0.15, -0.1) is 5.10 Å². The largest absolute Gasteiger partial charge is 0.363 e. The molecular formula is C15H22N6. The molecule has 1 fully saturated rings. The van der Waals surface area contributed by atoms with Crippen molar-refractivity contribution in [1.29, 1.82) is 0 Å². The van der Waals surface area contributed by atoms with Crippen molar-refractivity contribution in [3.8, 4) is 11.4 Å². The Labute approximate surface area is 125 Å². The molecule has 0 aliphatic carbocycles. The molecule has 2 aromatic rings. The number of piperidine rings is 1. The Morgan fingerprint density at radius 1 is 1.10 bits per heavy atom. The maximum atomic E-state index is 4.70. The Hall–Kier alpha value is -2.11. The van der Waals surface area contributed by atoms with Crippen LogP contribution in [0.1, 0.15) is 19.3 Å². The maximum absolute atomic E-state index is 4.70. The van der Waals surface area contributed by atoms with Gasteiger partial charge in [0.25, 0.3) is 0 Å². The van der Waals surface area contributed by atoms with Crippen molar-refractivity contribution in [1.82, 2.24) is 19.7 Å². The van der Waals surface area contributed by atoms with Gasteiger partial charge in [0.2, 0.25) is 5.95 Å². The third kappa shape index (κ3) is 2.84. The summed E-state index contributed by atoms with van der Waals surface area (Å²) in [6.07, 6.45) is 5.63. The molecule has 3 rings (SSSR count). The number of aromatic nitrogens is 4. The van der Waals surface area contributed by atoms with Crippen molar-refractivity contribution in [2.24, 2.45) is 7.05 Å². The molecule has 1 saturated heterocycles. The van der Waals surface area contributed by atoms with Crippen LogP contribution in [-0.4, -0.2) is 46.9 Å². The summed E-state index contributed by atoms with van der Waals surface area (Å²) in [6, 6.07) is 4.02. The van der Waals surface area contributed by atoms with E-state index in [0.29, 0.717) is 0 Å². The lowest BCUT2D eigenvalue weighted by Crippen LogP contribution is -2.31. The minimum atomic E-state index is 0.746. The summed E-state index contributed by atoms with van der Waals surface area (Å²) < 4.78 is 1.88. The zero-order chi connectivity index (χ0) is 14.8. The average Bonchev–Trinajstić information content (AvgIpc) is 2.90. The van der Waals surface area contributed by atoms with Gasteiger partial charge in [0, 0.05) is 46.0 Å². The van der Waals surface area contributed by atoms with Gasteiger partial charge in [0.05, 0.1) is 0 Å². The first-order chi connectivity index (χ1) is 10.1. The molecule has 21 heavy (non-hydrogen) atoms. The highest BCUT2D eigenvalue weighted by molar-refractivity contribution is 5.57. The second-order valence-corrected chi connectivity index (χ2v) is 5.71. The first kappa shape index (κ1) is 13.9. The average molecular weight is 286 g/mol. The molecule has 3 heterocycles. The van der Waals surface area contributed by atoms with Crippen molar-refractivity contribution in [2.75, 3.05) is 37.0 Å². The molecule has 0 amide bonds. The van der Waals surface area contributed by atoms with Gasteiger partial charge >= 0.3 is 0 Å². The number of anilines is 2. The number of aryl methyl sites for hydroxylation is 1. The molecule has 0 aromatic carbocycles. The van der Waals surface area contributed by atoms with Crippen LogP contribution in [-0.2, 0) is 7.05 Å². The quantitative estimate of drug-likeness (QED) is 0.863. The van der Waals surface area contributed by atoms with Crippen LogP contribution in [0.5, 0.6) is 0 Å².